The highest BCUT2D eigenvalue weighted by Crippen LogP contribution is 2.16. The van der Waals surface area contributed by atoms with Crippen LogP contribution >= 0.6 is 15.9 Å². The Hall–Kier alpha value is -1.13. The number of halogens is 1. The fourth-order valence-electron chi connectivity index (χ4n) is 2.39. The molecular weight excluding hydrogens is 326 g/mol. The first kappa shape index (κ1) is 16.2. The lowest BCUT2D eigenvalue weighted by Crippen LogP contribution is -2.19. The number of benzene rings is 1. The lowest BCUT2D eigenvalue weighted by atomic mass is 10.1. The fourth-order valence-corrected chi connectivity index (χ4v) is 2.66. The summed E-state index contributed by atoms with van der Waals surface area (Å²) in [5.74, 6) is 0.670. The van der Waals surface area contributed by atoms with Crippen LogP contribution < -0.4 is 5.32 Å². The number of hydrogen-bond acceptors (Lipinski definition) is 2. The number of nitrogens with zero attached hydrogens (tertiary/aromatic N) is 2. The molecule has 0 bridgehead atoms. The molecule has 114 valence electrons. The molecule has 0 spiro atoms. The van der Waals surface area contributed by atoms with Crippen molar-refractivity contribution in [3.05, 3.63) is 51.3 Å². The van der Waals surface area contributed by atoms with E-state index in [9.17, 15) is 0 Å². The molecule has 21 heavy (non-hydrogen) atoms. The average Bonchev–Trinajstić information content (AvgIpc) is 2.68. The molecule has 0 amide bonds. The van der Waals surface area contributed by atoms with Crippen molar-refractivity contribution in [2.24, 2.45) is 5.92 Å². The molecule has 1 heterocycles. The lowest BCUT2D eigenvalue weighted by Gasteiger charge is -2.08. The van der Waals surface area contributed by atoms with Crippen LogP contribution in [0.5, 0.6) is 0 Å². The van der Waals surface area contributed by atoms with Crippen LogP contribution in [0.4, 0.5) is 0 Å². The van der Waals surface area contributed by atoms with Gasteiger partial charge in [-0.05, 0) is 44.0 Å². The molecule has 0 atom stereocenters. The predicted molar refractivity (Wildman–Crippen MR) is 91.5 cm³/mol. The summed E-state index contributed by atoms with van der Waals surface area (Å²) in [5.41, 5.74) is 4.98. The third-order valence-corrected chi connectivity index (χ3v) is 4.16. The maximum absolute atomic E-state index is 4.69. The normalized spacial score (nSPS) is 11.3. The largest absolute Gasteiger partial charge is 0.312 e. The Bertz CT molecular complexity index is 585. The Morgan fingerprint density at radius 1 is 1.19 bits per heavy atom. The second-order valence-electron chi connectivity index (χ2n) is 5.96. The van der Waals surface area contributed by atoms with E-state index >= 15 is 0 Å². The molecule has 0 saturated heterocycles. The van der Waals surface area contributed by atoms with Gasteiger partial charge < -0.3 is 5.32 Å². The van der Waals surface area contributed by atoms with Gasteiger partial charge in [0.2, 0.25) is 0 Å². The van der Waals surface area contributed by atoms with Gasteiger partial charge in [-0.1, -0.05) is 41.9 Å². The zero-order chi connectivity index (χ0) is 15.4. The van der Waals surface area contributed by atoms with Crippen LogP contribution in [-0.4, -0.2) is 16.3 Å². The highest BCUT2D eigenvalue weighted by atomic mass is 79.9. The van der Waals surface area contributed by atoms with Gasteiger partial charge in [0.15, 0.2) is 0 Å². The van der Waals surface area contributed by atoms with Crippen LogP contribution in [-0.2, 0) is 13.1 Å². The SMILES string of the molecule is Cc1nn(Cc2ccc(Br)cc2)c(C)c1CNCC(C)C. The number of rotatable bonds is 6. The van der Waals surface area contributed by atoms with Gasteiger partial charge in [-0.15, -0.1) is 0 Å². The van der Waals surface area contributed by atoms with E-state index in [2.05, 4.69) is 77.9 Å². The van der Waals surface area contributed by atoms with Gasteiger partial charge in [0, 0.05) is 22.3 Å². The summed E-state index contributed by atoms with van der Waals surface area (Å²) < 4.78 is 3.21. The first-order chi connectivity index (χ1) is 9.97. The van der Waals surface area contributed by atoms with Gasteiger partial charge >= 0.3 is 0 Å². The van der Waals surface area contributed by atoms with E-state index in [1.165, 1.54) is 16.8 Å². The number of hydrogen-bond donors (Lipinski definition) is 1. The van der Waals surface area contributed by atoms with Crippen molar-refractivity contribution >= 4 is 15.9 Å². The van der Waals surface area contributed by atoms with Crippen molar-refractivity contribution in [1.29, 1.82) is 0 Å². The zero-order valence-electron chi connectivity index (χ0n) is 13.3. The Labute approximate surface area is 135 Å². The molecule has 0 aliphatic heterocycles. The highest BCUT2D eigenvalue weighted by molar-refractivity contribution is 9.10. The van der Waals surface area contributed by atoms with Gasteiger partial charge in [0.05, 0.1) is 12.2 Å². The molecule has 0 radical (unpaired) electrons. The van der Waals surface area contributed by atoms with Crippen LogP contribution in [0.1, 0.15) is 36.4 Å². The molecule has 0 aliphatic carbocycles. The third kappa shape index (κ3) is 4.42. The van der Waals surface area contributed by atoms with Gasteiger partial charge in [0.1, 0.15) is 0 Å². The first-order valence-corrected chi connectivity index (χ1v) is 8.24. The van der Waals surface area contributed by atoms with Crippen molar-refractivity contribution < 1.29 is 0 Å². The summed E-state index contributed by atoms with van der Waals surface area (Å²) in [5, 5.41) is 8.20. The van der Waals surface area contributed by atoms with Crippen molar-refractivity contribution in [2.75, 3.05) is 6.54 Å². The summed E-state index contributed by atoms with van der Waals surface area (Å²) in [6, 6.07) is 8.42. The monoisotopic (exact) mass is 349 g/mol. The topological polar surface area (TPSA) is 29.9 Å². The van der Waals surface area contributed by atoms with Crippen LogP contribution in [0.3, 0.4) is 0 Å². The average molecular weight is 350 g/mol. The van der Waals surface area contributed by atoms with Gasteiger partial charge in [0.25, 0.3) is 0 Å². The van der Waals surface area contributed by atoms with E-state index in [4.69, 9.17) is 5.10 Å². The summed E-state index contributed by atoms with van der Waals surface area (Å²) in [6.07, 6.45) is 0. The number of aryl methyl sites for hydroxylation is 1. The van der Waals surface area contributed by atoms with Crippen LogP contribution in [0, 0.1) is 19.8 Å². The maximum atomic E-state index is 4.69. The number of aromatic nitrogens is 2. The molecule has 2 rings (SSSR count). The summed E-state index contributed by atoms with van der Waals surface area (Å²) >= 11 is 3.47. The second kappa shape index (κ2) is 7.23. The molecule has 0 fully saturated rings. The van der Waals surface area contributed by atoms with Gasteiger partial charge in [-0.3, -0.25) is 4.68 Å². The fraction of sp³-hybridized carbons (Fsp3) is 0.471. The quantitative estimate of drug-likeness (QED) is 0.852. The molecule has 4 heteroatoms. The standard InChI is InChI=1S/C17H24BrN3/c1-12(2)9-19-10-17-13(3)20-21(14(17)4)11-15-5-7-16(18)8-6-15/h5-8,12,19H,9-11H2,1-4H3. The molecule has 2 aromatic rings. The summed E-state index contributed by atoms with van der Waals surface area (Å²) in [6.45, 7) is 11.5. The molecular formula is C17H24BrN3. The minimum Gasteiger partial charge on any atom is -0.312 e. The first-order valence-electron chi connectivity index (χ1n) is 7.45. The lowest BCUT2D eigenvalue weighted by molar-refractivity contribution is 0.550. The smallest absolute Gasteiger partial charge is 0.0662 e. The van der Waals surface area contributed by atoms with E-state index in [1.54, 1.807) is 0 Å². The van der Waals surface area contributed by atoms with E-state index in [0.717, 1.165) is 29.8 Å². The third-order valence-electron chi connectivity index (χ3n) is 3.63. The minimum absolute atomic E-state index is 0.670. The summed E-state index contributed by atoms with van der Waals surface area (Å²) in [4.78, 5) is 0. The Morgan fingerprint density at radius 3 is 2.48 bits per heavy atom. The molecule has 1 aromatic heterocycles. The Balaban J connectivity index is 2.09. The second-order valence-corrected chi connectivity index (χ2v) is 6.87. The van der Waals surface area contributed by atoms with Gasteiger partial charge in [-0.2, -0.15) is 5.10 Å². The number of nitrogens with one attached hydrogen (secondary N) is 1. The van der Waals surface area contributed by atoms with Crippen molar-refractivity contribution in [2.45, 2.75) is 40.8 Å². The minimum atomic E-state index is 0.670. The van der Waals surface area contributed by atoms with Crippen molar-refractivity contribution in [3.63, 3.8) is 0 Å². The van der Waals surface area contributed by atoms with Crippen LogP contribution in [0.15, 0.2) is 28.7 Å². The van der Waals surface area contributed by atoms with Crippen LogP contribution in [0.2, 0.25) is 0 Å². The molecule has 0 saturated carbocycles. The van der Waals surface area contributed by atoms with Crippen molar-refractivity contribution in [1.82, 2.24) is 15.1 Å². The van der Waals surface area contributed by atoms with E-state index in [1.807, 2.05) is 0 Å². The maximum Gasteiger partial charge on any atom is 0.0662 e. The summed E-state index contributed by atoms with van der Waals surface area (Å²) in [7, 11) is 0. The van der Waals surface area contributed by atoms with Gasteiger partial charge in [-0.25, -0.2) is 0 Å². The molecule has 0 aliphatic rings. The molecule has 0 unspecified atom stereocenters. The molecule has 3 nitrogen and oxygen atoms in total. The van der Waals surface area contributed by atoms with E-state index in [0.29, 0.717) is 5.92 Å². The van der Waals surface area contributed by atoms with Crippen molar-refractivity contribution in [3.8, 4) is 0 Å². The van der Waals surface area contributed by atoms with E-state index in [-0.39, 0.29) is 0 Å². The highest BCUT2D eigenvalue weighted by Gasteiger charge is 2.11. The predicted octanol–water partition coefficient (Wildman–Crippen LogP) is 4.06. The Morgan fingerprint density at radius 2 is 1.86 bits per heavy atom. The Kier molecular flexibility index (Phi) is 5.59. The zero-order valence-corrected chi connectivity index (χ0v) is 14.9. The van der Waals surface area contributed by atoms with Crippen LogP contribution in [0.25, 0.3) is 0 Å². The van der Waals surface area contributed by atoms with E-state index < -0.39 is 0 Å². The molecule has 1 N–H and O–H groups in total. The molecule has 1 aromatic carbocycles.